The third kappa shape index (κ3) is 5.74. The number of benzene rings is 3. The highest BCUT2D eigenvalue weighted by atomic mass is 32.1. The lowest BCUT2D eigenvalue weighted by atomic mass is 10.0. The second-order valence-corrected chi connectivity index (χ2v) is 11.6. The van der Waals surface area contributed by atoms with Crippen LogP contribution >= 0.6 is 11.3 Å². The van der Waals surface area contributed by atoms with Crippen molar-refractivity contribution in [3.8, 4) is 22.9 Å². The summed E-state index contributed by atoms with van der Waals surface area (Å²) in [5.74, 6) is -0.546. The van der Waals surface area contributed by atoms with E-state index in [2.05, 4.69) is 15.1 Å². The SMILES string of the molecule is COc1ccc(Cn2nc(C)c3c(Oc4ccc(CC(=O)c5cc6ncsc6n(-c6ccc(F)cc6)c5=O)cc4F)ccnc32)cc1. The van der Waals surface area contributed by atoms with E-state index in [1.807, 2.05) is 31.2 Å². The van der Waals surface area contributed by atoms with Gasteiger partial charge in [0.15, 0.2) is 23.0 Å². The van der Waals surface area contributed by atoms with Crippen molar-refractivity contribution >= 4 is 38.5 Å². The van der Waals surface area contributed by atoms with Crippen molar-refractivity contribution in [1.29, 1.82) is 0 Å². The number of methoxy groups -OCH3 is 1. The topological polar surface area (TPSA) is 101 Å². The van der Waals surface area contributed by atoms with Crippen molar-refractivity contribution in [2.45, 2.75) is 19.9 Å². The maximum absolute atomic E-state index is 15.4. The van der Waals surface area contributed by atoms with E-state index in [0.29, 0.717) is 50.6 Å². The minimum Gasteiger partial charge on any atom is -0.497 e. The molecule has 0 saturated carbocycles. The minimum atomic E-state index is -0.679. The molecule has 3 aromatic carbocycles. The Bertz CT molecular complexity index is 2350. The van der Waals surface area contributed by atoms with E-state index in [0.717, 1.165) is 11.3 Å². The first-order chi connectivity index (χ1) is 22.8. The summed E-state index contributed by atoms with van der Waals surface area (Å²) in [6, 6.07) is 20.4. The number of carbonyl (C=O) groups excluding carboxylic acids is 1. The third-order valence-corrected chi connectivity index (χ3v) is 8.55. The zero-order valence-corrected chi connectivity index (χ0v) is 25.9. The number of thiazole rings is 1. The van der Waals surface area contributed by atoms with Crippen LogP contribution in [0.2, 0.25) is 0 Å². The summed E-state index contributed by atoms with van der Waals surface area (Å²) in [6.07, 6.45) is 1.34. The molecule has 4 heterocycles. The van der Waals surface area contributed by atoms with Gasteiger partial charge in [-0.05, 0) is 78.7 Å². The molecule has 0 radical (unpaired) electrons. The zero-order chi connectivity index (χ0) is 32.7. The van der Waals surface area contributed by atoms with E-state index in [9.17, 15) is 14.0 Å². The van der Waals surface area contributed by atoms with Crippen LogP contribution in [0.3, 0.4) is 0 Å². The molecule has 0 N–H and O–H groups in total. The Hall–Kier alpha value is -5.75. The van der Waals surface area contributed by atoms with Crippen molar-refractivity contribution in [3.63, 3.8) is 0 Å². The lowest BCUT2D eigenvalue weighted by molar-refractivity contribution is 0.0991. The van der Waals surface area contributed by atoms with Crippen LogP contribution in [0.5, 0.6) is 17.2 Å². The van der Waals surface area contributed by atoms with Gasteiger partial charge in [-0.3, -0.25) is 14.2 Å². The maximum Gasteiger partial charge on any atom is 0.267 e. The summed E-state index contributed by atoms with van der Waals surface area (Å²) in [5, 5.41) is 5.29. The quantitative estimate of drug-likeness (QED) is 0.155. The molecule has 4 aromatic heterocycles. The fraction of sp³-hybridized carbons (Fsp3) is 0.114. The van der Waals surface area contributed by atoms with Gasteiger partial charge in [0.05, 0.1) is 47.0 Å². The summed E-state index contributed by atoms with van der Waals surface area (Å²) in [7, 11) is 1.61. The van der Waals surface area contributed by atoms with E-state index in [1.165, 1.54) is 58.4 Å². The number of hydrogen-bond donors (Lipinski definition) is 0. The van der Waals surface area contributed by atoms with Crippen molar-refractivity contribution in [2.24, 2.45) is 0 Å². The van der Waals surface area contributed by atoms with E-state index in [-0.39, 0.29) is 17.7 Å². The molecule has 0 fully saturated rings. The summed E-state index contributed by atoms with van der Waals surface area (Å²) in [6.45, 7) is 2.30. The molecule has 0 bridgehead atoms. The normalized spacial score (nSPS) is 11.3. The highest BCUT2D eigenvalue weighted by Gasteiger charge is 2.20. The molecule has 7 aromatic rings. The molecule has 0 amide bonds. The van der Waals surface area contributed by atoms with Gasteiger partial charge >= 0.3 is 0 Å². The van der Waals surface area contributed by atoms with Gasteiger partial charge in [0.1, 0.15) is 22.1 Å². The number of fused-ring (bicyclic) bond motifs is 2. The molecule has 7 rings (SSSR count). The molecule has 0 unspecified atom stereocenters. The Morgan fingerprint density at radius 2 is 1.68 bits per heavy atom. The Labute approximate surface area is 270 Å². The number of carbonyl (C=O) groups is 1. The number of halogens is 2. The first-order valence-corrected chi connectivity index (χ1v) is 15.4. The average Bonchev–Trinajstić information content (AvgIpc) is 3.67. The molecule has 0 aliphatic heterocycles. The number of aromatic nitrogens is 5. The second kappa shape index (κ2) is 12.2. The molecule has 47 heavy (non-hydrogen) atoms. The zero-order valence-electron chi connectivity index (χ0n) is 25.1. The summed E-state index contributed by atoms with van der Waals surface area (Å²) >= 11 is 1.23. The average molecular weight is 650 g/mol. The van der Waals surface area contributed by atoms with Crippen LogP contribution in [-0.4, -0.2) is 37.2 Å². The van der Waals surface area contributed by atoms with Crippen LogP contribution in [0.15, 0.2) is 95.4 Å². The van der Waals surface area contributed by atoms with Crippen LogP contribution in [-0.2, 0) is 13.0 Å². The largest absolute Gasteiger partial charge is 0.497 e. The van der Waals surface area contributed by atoms with Crippen LogP contribution in [0.4, 0.5) is 8.78 Å². The lowest BCUT2D eigenvalue weighted by Gasteiger charge is -2.11. The first kappa shape index (κ1) is 29.9. The monoisotopic (exact) mass is 649 g/mol. The van der Waals surface area contributed by atoms with Crippen molar-refractivity contribution in [1.82, 2.24) is 24.3 Å². The van der Waals surface area contributed by atoms with Gasteiger partial charge < -0.3 is 9.47 Å². The van der Waals surface area contributed by atoms with E-state index < -0.39 is 23.0 Å². The number of ketones is 1. The van der Waals surface area contributed by atoms with E-state index in [1.54, 1.807) is 35.6 Å². The summed E-state index contributed by atoms with van der Waals surface area (Å²) in [5.41, 5.74) is 4.36. The number of rotatable bonds is 9. The Morgan fingerprint density at radius 1 is 0.915 bits per heavy atom. The highest BCUT2D eigenvalue weighted by Crippen LogP contribution is 2.33. The van der Waals surface area contributed by atoms with Gasteiger partial charge in [-0.15, -0.1) is 11.3 Å². The standard InChI is InChI=1S/C35H25F2N5O4S/c1-20-32-31(13-14-38-33(32)41(40-20)18-21-3-10-25(45-2)11-4-21)46-30-12-5-22(15-27(30)37)16-29(43)26-17-28-35(47-19-39-28)42(34(26)44)24-8-6-23(36)7-9-24/h3-15,17,19H,16,18H2,1-2H3. The van der Waals surface area contributed by atoms with Crippen molar-refractivity contribution in [2.75, 3.05) is 7.11 Å². The van der Waals surface area contributed by atoms with Gasteiger partial charge in [-0.2, -0.15) is 5.10 Å². The van der Waals surface area contributed by atoms with Crippen molar-refractivity contribution < 1.29 is 23.0 Å². The van der Waals surface area contributed by atoms with Gasteiger partial charge in [0.2, 0.25) is 0 Å². The van der Waals surface area contributed by atoms with Crippen LogP contribution in [0, 0.1) is 18.6 Å². The molecule has 0 atom stereocenters. The molecule has 0 saturated heterocycles. The van der Waals surface area contributed by atoms with E-state index in [4.69, 9.17) is 9.47 Å². The number of ether oxygens (including phenoxy) is 2. The Morgan fingerprint density at radius 3 is 2.43 bits per heavy atom. The van der Waals surface area contributed by atoms with Crippen LogP contribution in [0.1, 0.15) is 27.2 Å². The fourth-order valence-corrected chi connectivity index (χ4v) is 6.23. The number of aryl methyl sites for hydroxylation is 1. The van der Waals surface area contributed by atoms with Crippen LogP contribution < -0.4 is 15.0 Å². The summed E-state index contributed by atoms with van der Waals surface area (Å²) < 4.78 is 43.3. The smallest absolute Gasteiger partial charge is 0.267 e. The first-order valence-electron chi connectivity index (χ1n) is 14.5. The predicted molar refractivity (Wildman–Crippen MR) is 174 cm³/mol. The Kier molecular flexibility index (Phi) is 7.78. The Balaban J connectivity index is 1.14. The number of nitrogens with zero attached hydrogens (tertiary/aromatic N) is 5. The van der Waals surface area contributed by atoms with Gasteiger partial charge in [-0.25, -0.2) is 23.4 Å². The summed E-state index contributed by atoms with van der Waals surface area (Å²) in [4.78, 5) is 36.2. The molecule has 234 valence electrons. The predicted octanol–water partition coefficient (Wildman–Crippen LogP) is 7.05. The molecule has 0 aliphatic carbocycles. The minimum absolute atomic E-state index is 0.0430. The molecular formula is C35H25F2N5O4S. The van der Waals surface area contributed by atoms with Crippen LogP contribution in [0.25, 0.3) is 27.1 Å². The number of hydrogen-bond acceptors (Lipinski definition) is 8. The van der Waals surface area contributed by atoms with Gasteiger partial charge in [-0.1, -0.05) is 18.2 Å². The van der Waals surface area contributed by atoms with Crippen molar-refractivity contribution in [3.05, 3.63) is 135 Å². The molecule has 0 aliphatic rings. The van der Waals surface area contributed by atoms with Gasteiger partial charge in [0.25, 0.3) is 5.56 Å². The number of Topliss-reactive ketones (excluding diaryl/α,β-unsaturated/α-hetero) is 1. The number of pyridine rings is 2. The third-order valence-electron chi connectivity index (χ3n) is 7.72. The molecule has 0 spiro atoms. The molecule has 12 heteroatoms. The maximum atomic E-state index is 15.4. The van der Waals surface area contributed by atoms with Gasteiger partial charge in [0, 0.05) is 12.6 Å². The second-order valence-electron chi connectivity index (χ2n) is 10.8. The fourth-order valence-electron chi connectivity index (χ4n) is 5.43. The molecular weight excluding hydrogens is 624 g/mol. The lowest BCUT2D eigenvalue weighted by Crippen LogP contribution is -2.26. The molecule has 9 nitrogen and oxygen atoms in total. The highest BCUT2D eigenvalue weighted by molar-refractivity contribution is 7.16. The van der Waals surface area contributed by atoms with E-state index >= 15 is 4.39 Å².